The van der Waals surface area contributed by atoms with Crippen molar-refractivity contribution in [1.29, 1.82) is 0 Å². The average Bonchev–Trinajstić information content (AvgIpc) is 2.96. The number of hydrogen-bond donors (Lipinski definition) is 1. The van der Waals surface area contributed by atoms with Crippen molar-refractivity contribution in [2.75, 3.05) is 5.32 Å². The first-order chi connectivity index (χ1) is 13.7. The van der Waals surface area contributed by atoms with Crippen LogP contribution in [0, 0.1) is 30.9 Å². The smallest absolute Gasteiger partial charge is 0.275 e. The normalized spacial score (nSPS) is 10.6. The van der Waals surface area contributed by atoms with Crippen molar-refractivity contribution in [1.82, 2.24) is 9.78 Å². The number of aryl methyl sites for hydroxylation is 2. The monoisotopic (exact) mass is 458 g/mol. The molecule has 0 aliphatic carbocycles. The van der Waals surface area contributed by atoms with Crippen LogP contribution in [0.3, 0.4) is 0 Å². The van der Waals surface area contributed by atoms with E-state index in [1.807, 2.05) is 39.0 Å². The second-order valence-corrected chi connectivity index (χ2v) is 7.48. The molecule has 0 aliphatic heterocycles. The molecule has 3 aromatic rings. The number of ether oxygens (including phenoxy) is 1. The Morgan fingerprint density at radius 1 is 1.24 bits per heavy atom. The van der Waals surface area contributed by atoms with Gasteiger partial charge in [-0.15, -0.1) is 0 Å². The Labute approximate surface area is 175 Å². The summed E-state index contributed by atoms with van der Waals surface area (Å²) < 4.78 is 8.19. The fraction of sp³-hybridized carbons (Fsp3) is 0.200. The molecule has 2 aromatic carbocycles. The highest BCUT2D eigenvalue weighted by molar-refractivity contribution is 9.10. The van der Waals surface area contributed by atoms with Crippen molar-refractivity contribution in [3.63, 3.8) is 0 Å². The molecular weight excluding hydrogens is 440 g/mol. The van der Waals surface area contributed by atoms with Gasteiger partial charge in [0.25, 0.3) is 5.69 Å². The fourth-order valence-corrected chi connectivity index (χ4v) is 2.98. The van der Waals surface area contributed by atoms with Gasteiger partial charge in [-0.25, -0.2) is 0 Å². The van der Waals surface area contributed by atoms with Gasteiger partial charge >= 0.3 is 0 Å². The predicted octanol–water partition coefficient (Wildman–Crippen LogP) is 4.91. The summed E-state index contributed by atoms with van der Waals surface area (Å²) in [5.41, 5.74) is 2.80. The Morgan fingerprint density at radius 3 is 2.66 bits per heavy atom. The fourth-order valence-electron chi connectivity index (χ4n) is 2.68. The number of benzene rings is 2. The summed E-state index contributed by atoms with van der Waals surface area (Å²) in [7, 11) is 0. The summed E-state index contributed by atoms with van der Waals surface area (Å²) in [5, 5.41) is 18.1. The minimum atomic E-state index is -0.527. The average molecular weight is 459 g/mol. The number of rotatable bonds is 6. The van der Waals surface area contributed by atoms with Crippen LogP contribution in [-0.4, -0.2) is 20.6 Å². The maximum Gasteiger partial charge on any atom is 0.275 e. The number of nitro groups is 1. The van der Waals surface area contributed by atoms with E-state index in [9.17, 15) is 14.9 Å². The first-order valence-corrected chi connectivity index (χ1v) is 9.54. The topological polar surface area (TPSA) is 99.3 Å². The molecule has 3 rings (SSSR count). The lowest BCUT2D eigenvalue weighted by atomic mass is 10.1. The molecule has 29 heavy (non-hydrogen) atoms. The van der Waals surface area contributed by atoms with E-state index in [1.54, 1.807) is 12.3 Å². The molecule has 8 nitrogen and oxygen atoms in total. The molecule has 1 amide bonds. The number of amides is 1. The molecule has 0 aliphatic rings. The van der Waals surface area contributed by atoms with Gasteiger partial charge in [0, 0.05) is 12.1 Å². The molecule has 0 atom stereocenters. The molecule has 0 radical (unpaired) electrons. The molecule has 0 spiro atoms. The van der Waals surface area contributed by atoms with Crippen LogP contribution in [0.2, 0.25) is 0 Å². The minimum absolute atomic E-state index is 0.0205. The van der Waals surface area contributed by atoms with Crippen molar-refractivity contribution >= 4 is 33.2 Å². The summed E-state index contributed by atoms with van der Waals surface area (Å²) in [6.45, 7) is 5.63. The summed E-state index contributed by atoms with van der Waals surface area (Å²) in [6, 6.07) is 9.89. The first kappa shape index (κ1) is 20.5. The second kappa shape index (κ2) is 8.44. The SMILES string of the molecule is Cc1ccc(C)c(Oc2cc(NC(=O)Cn3ncc(Br)c3C)cc([N+](=O)[O-])c2)c1. The van der Waals surface area contributed by atoms with E-state index in [0.717, 1.165) is 21.3 Å². The van der Waals surface area contributed by atoms with Gasteiger partial charge in [0.15, 0.2) is 0 Å². The Morgan fingerprint density at radius 2 is 2.00 bits per heavy atom. The zero-order chi connectivity index (χ0) is 21.1. The van der Waals surface area contributed by atoms with E-state index >= 15 is 0 Å². The molecule has 0 bridgehead atoms. The summed E-state index contributed by atoms with van der Waals surface area (Å²) in [5.74, 6) is 0.503. The first-order valence-electron chi connectivity index (χ1n) is 8.75. The maximum absolute atomic E-state index is 12.4. The van der Waals surface area contributed by atoms with Crippen LogP contribution in [-0.2, 0) is 11.3 Å². The number of aromatic nitrogens is 2. The second-order valence-electron chi connectivity index (χ2n) is 6.63. The van der Waals surface area contributed by atoms with Crippen LogP contribution in [0.4, 0.5) is 11.4 Å². The highest BCUT2D eigenvalue weighted by Gasteiger charge is 2.15. The number of hydrogen-bond acceptors (Lipinski definition) is 5. The Hall–Kier alpha value is -3.20. The van der Waals surface area contributed by atoms with Gasteiger partial charge in [-0.1, -0.05) is 12.1 Å². The number of anilines is 1. The Bertz CT molecular complexity index is 1090. The quantitative estimate of drug-likeness (QED) is 0.417. The van der Waals surface area contributed by atoms with Crippen molar-refractivity contribution in [3.8, 4) is 11.5 Å². The van der Waals surface area contributed by atoms with Gasteiger partial charge in [-0.2, -0.15) is 5.10 Å². The molecule has 9 heteroatoms. The lowest BCUT2D eigenvalue weighted by molar-refractivity contribution is -0.384. The third-order valence-corrected chi connectivity index (χ3v) is 5.07. The summed E-state index contributed by atoms with van der Waals surface area (Å²) >= 11 is 3.34. The minimum Gasteiger partial charge on any atom is -0.457 e. The molecule has 0 fully saturated rings. The Kier molecular flexibility index (Phi) is 5.97. The number of carbonyl (C=O) groups excluding carboxylic acids is 1. The highest BCUT2D eigenvalue weighted by Crippen LogP contribution is 2.31. The zero-order valence-electron chi connectivity index (χ0n) is 16.1. The molecule has 0 saturated carbocycles. The number of halogens is 1. The van der Waals surface area contributed by atoms with Gasteiger partial charge in [0.1, 0.15) is 18.0 Å². The van der Waals surface area contributed by atoms with Gasteiger partial charge in [-0.05, 0) is 53.9 Å². The van der Waals surface area contributed by atoms with Gasteiger partial charge in [0.2, 0.25) is 5.91 Å². The standard InChI is InChI=1S/C20H19BrN4O4/c1-12-4-5-13(2)19(6-12)29-17-8-15(7-16(9-17)25(27)28)23-20(26)11-24-14(3)18(21)10-22-24/h4-10H,11H2,1-3H3,(H,23,26). The largest absolute Gasteiger partial charge is 0.457 e. The van der Waals surface area contributed by atoms with Crippen LogP contribution >= 0.6 is 15.9 Å². The van der Waals surface area contributed by atoms with E-state index in [0.29, 0.717) is 5.75 Å². The third-order valence-electron chi connectivity index (χ3n) is 4.29. The summed E-state index contributed by atoms with van der Waals surface area (Å²) in [6.07, 6.45) is 1.60. The summed E-state index contributed by atoms with van der Waals surface area (Å²) in [4.78, 5) is 23.2. The van der Waals surface area contributed by atoms with Gasteiger partial charge < -0.3 is 10.1 Å². The van der Waals surface area contributed by atoms with Crippen LogP contribution < -0.4 is 10.1 Å². The predicted molar refractivity (Wildman–Crippen MR) is 112 cm³/mol. The van der Waals surface area contributed by atoms with Crippen LogP contribution in [0.1, 0.15) is 16.8 Å². The molecule has 1 aromatic heterocycles. The van der Waals surface area contributed by atoms with Crippen molar-refractivity contribution in [3.05, 3.63) is 74.0 Å². The maximum atomic E-state index is 12.4. The van der Waals surface area contributed by atoms with E-state index in [1.165, 1.54) is 16.8 Å². The number of nitro benzene ring substituents is 1. The van der Waals surface area contributed by atoms with Crippen LogP contribution in [0.15, 0.2) is 47.1 Å². The van der Waals surface area contributed by atoms with Crippen molar-refractivity contribution in [2.24, 2.45) is 0 Å². The molecule has 150 valence electrons. The van der Waals surface area contributed by atoms with Crippen molar-refractivity contribution < 1.29 is 14.5 Å². The number of nitrogens with zero attached hydrogens (tertiary/aromatic N) is 3. The lowest BCUT2D eigenvalue weighted by Gasteiger charge is -2.12. The van der Waals surface area contributed by atoms with E-state index in [2.05, 4.69) is 26.3 Å². The van der Waals surface area contributed by atoms with E-state index in [4.69, 9.17) is 4.74 Å². The molecular formula is C20H19BrN4O4. The lowest BCUT2D eigenvalue weighted by Crippen LogP contribution is -2.20. The zero-order valence-corrected chi connectivity index (χ0v) is 17.7. The molecule has 0 saturated heterocycles. The van der Waals surface area contributed by atoms with Gasteiger partial charge in [0.05, 0.1) is 33.0 Å². The van der Waals surface area contributed by atoms with Crippen LogP contribution in [0.25, 0.3) is 0 Å². The third kappa shape index (κ3) is 5.00. The number of nitrogens with one attached hydrogen (secondary N) is 1. The molecule has 1 heterocycles. The van der Waals surface area contributed by atoms with Gasteiger partial charge in [-0.3, -0.25) is 19.6 Å². The number of non-ortho nitro benzene ring substituents is 1. The van der Waals surface area contributed by atoms with Crippen molar-refractivity contribution in [2.45, 2.75) is 27.3 Å². The highest BCUT2D eigenvalue weighted by atomic mass is 79.9. The molecule has 1 N–H and O–H groups in total. The number of carbonyl (C=O) groups is 1. The van der Waals surface area contributed by atoms with E-state index in [-0.39, 0.29) is 29.6 Å². The Balaban J connectivity index is 1.84. The van der Waals surface area contributed by atoms with E-state index < -0.39 is 4.92 Å². The van der Waals surface area contributed by atoms with Crippen LogP contribution in [0.5, 0.6) is 11.5 Å². The molecule has 0 unspecified atom stereocenters.